The Balaban J connectivity index is 1.55. The van der Waals surface area contributed by atoms with Gasteiger partial charge < -0.3 is 15.2 Å². The quantitative estimate of drug-likeness (QED) is 0.260. The molecule has 0 saturated carbocycles. The molecule has 39 heavy (non-hydrogen) atoms. The third-order valence-corrected chi connectivity index (χ3v) is 6.06. The molecule has 1 aromatic heterocycles. The second-order valence-corrected chi connectivity index (χ2v) is 8.56. The standard InChI is InChI=1S/C26H21F4N3O6/c1-2-26(11-18(33-39-26)23-14-6-4-3-5-13(14)7-8-31-23)25(37)32-17(10-20(35)36)19(34)12-38-24-21(29)15(27)9-16(28)22(24)30/h3-9,11,17,33H,2,10,12H2,1H3,(H,32,37)(H,35,36)/t17-,26?/m0/s1. The van der Waals surface area contributed by atoms with Crippen LogP contribution in [0.2, 0.25) is 0 Å². The number of aromatic nitrogens is 1. The lowest BCUT2D eigenvalue weighted by atomic mass is 9.96. The highest BCUT2D eigenvalue weighted by atomic mass is 19.2. The summed E-state index contributed by atoms with van der Waals surface area (Å²) in [6.45, 7) is 0.409. The molecule has 9 nitrogen and oxygen atoms in total. The number of benzene rings is 2. The number of ketones is 1. The number of nitrogens with zero attached hydrogens (tertiary/aromatic N) is 1. The molecule has 1 aliphatic heterocycles. The minimum Gasteiger partial charge on any atom is -0.481 e. The minimum absolute atomic E-state index is 0.0395. The van der Waals surface area contributed by atoms with Gasteiger partial charge in [0.25, 0.3) is 5.91 Å². The second kappa shape index (κ2) is 11.1. The van der Waals surface area contributed by atoms with E-state index >= 15 is 0 Å². The maximum absolute atomic E-state index is 13.9. The van der Waals surface area contributed by atoms with Gasteiger partial charge in [-0.3, -0.25) is 29.7 Å². The number of Topliss-reactive ketones (excluding diaryl/α,β-unsaturated/α-hetero) is 1. The summed E-state index contributed by atoms with van der Waals surface area (Å²) in [6.07, 6.45) is 2.13. The molecule has 0 spiro atoms. The van der Waals surface area contributed by atoms with E-state index in [0.29, 0.717) is 11.4 Å². The first kappa shape index (κ1) is 27.5. The van der Waals surface area contributed by atoms with Gasteiger partial charge >= 0.3 is 5.97 Å². The van der Waals surface area contributed by atoms with Crippen molar-refractivity contribution in [3.63, 3.8) is 0 Å². The summed E-state index contributed by atoms with van der Waals surface area (Å²) in [5.41, 5.74) is 1.81. The maximum atomic E-state index is 13.9. The van der Waals surface area contributed by atoms with Crippen molar-refractivity contribution in [1.29, 1.82) is 0 Å². The number of hydrogen-bond acceptors (Lipinski definition) is 7. The van der Waals surface area contributed by atoms with Crippen LogP contribution in [0.1, 0.15) is 25.5 Å². The summed E-state index contributed by atoms with van der Waals surface area (Å²) in [7, 11) is 0. The highest BCUT2D eigenvalue weighted by molar-refractivity contribution is 5.98. The molecular weight excluding hydrogens is 526 g/mol. The lowest BCUT2D eigenvalue weighted by Gasteiger charge is -2.25. The molecule has 4 rings (SSSR count). The number of carboxylic acids is 1. The van der Waals surface area contributed by atoms with Crippen molar-refractivity contribution in [1.82, 2.24) is 15.8 Å². The molecule has 0 fully saturated rings. The van der Waals surface area contributed by atoms with E-state index in [-0.39, 0.29) is 12.5 Å². The van der Waals surface area contributed by atoms with Crippen molar-refractivity contribution in [2.75, 3.05) is 6.61 Å². The van der Waals surface area contributed by atoms with Gasteiger partial charge in [-0.1, -0.05) is 31.2 Å². The number of carbonyl (C=O) groups excluding carboxylic acids is 2. The average molecular weight is 547 g/mol. The van der Waals surface area contributed by atoms with Gasteiger partial charge in [-0.15, -0.1) is 0 Å². The zero-order valence-corrected chi connectivity index (χ0v) is 20.3. The summed E-state index contributed by atoms with van der Waals surface area (Å²) < 4.78 is 59.2. The number of rotatable bonds is 10. The fourth-order valence-electron chi connectivity index (χ4n) is 3.96. The lowest BCUT2D eigenvalue weighted by molar-refractivity contribution is -0.148. The van der Waals surface area contributed by atoms with Crippen molar-refractivity contribution in [2.24, 2.45) is 0 Å². The molecule has 3 aromatic rings. The Morgan fingerprint density at radius 3 is 2.49 bits per heavy atom. The number of hydroxylamine groups is 1. The van der Waals surface area contributed by atoms with E-state index < -0.39 is 71.3 Å². The van der Waals surface area contributed by atoms with E-state index in [2.05, 4.69) is 20.5 Å². The van der Waals surface area contributed by atoms with E-state index in [4.69, 9.17) is 4.84 Å². The molecule has 0 saturated heterocycles. The Hall–Kier alpha value is -4.52. The van der Waals surface area contributed by atoms with Crippen LogP contribution in [0.3, 0.4) is 0 Å². The monoisotopic (exact) mass is 547 g/mol. The van der Waals surface area contributed by atoms with Crippen LogP contribution in [0.4, 0.5) is 17.6 Å². The van der Waals surface area contributed by atoms with Gasteiger partial charge in [-0.25, -0.2) is 8.78 Å². The molecular formula is C26H21F4N3O6. The van der Waals surface area contributed by atoms with Crippen molar-refractivity contribution in [2.45, 2.75) is 31.4 Å². The van der Waals surface area contributed by atoms with Crippen LogP contribution in [-0.2, 0) is 19.2 Å². The summed E-state index contributed by atoms with van der Waals surface area (Å²) in [5.74, 6) is -12.3. The number of halogens is 4. The first-order chi connectivity index (χ1) is 18.6. The molecule has 3 N–H and O–H groups in total. The molecule has 1 amide bonds. The number of hydrogen-bond donors (Lipinski definition) is 3. The molecule has 2 atom stereocenters. The predicted molar refractivity (Wildman–Crippen MR) is 128 cm³/mol. The van der Waals surface area contributed by atoms with Gasteiger partial charge in [0.1, 0.15) is 12.6 Å². The normalized spacial score (nSPS) is 17.3. The third kappa shape index (κ3) is 5.53. The van der Waals surface area contributed by atoms with E-state index in [1.165, 1.54) is 6.08 Å². The highest BCUT2D eigenvalue weighted by Crippen LogP contribution is 2.32. The summed E-state index contributed by atoms with van der Waals surface area (Å²) in [5, 5.41) is 13.1. The first-order valence-corrected chi connectivity index (χ1v) is 11.6. The maximum Gasteiger partial charge on any atom is 0.305 e. The smallest absolute Gasteiger partial charge is 0.305 e. The molecule has 2 heterocycles. The fourth-order valence-corrected chi connectivity index (χ4v) is 3.96. The molecule has 1 unspecified atom stereocenters. The van der Waals surface area contributed by atoms with Gasteiger partial charge in [0.15, 0.2) is 28.8 Å². The molecule has 13 heteroatoms. The van der Waals surface area contributed by atoms with Crippen LogP contribution in [0.5, 0.6) is 5.75 Å². The lowest BCUT2D eigenvalue weighted by Crippen LogP contribution is -2.53. The molecule has 0 bridgehead atoms. The molecule has 0 aliphatic carbocycles. The number of carboxylic acid groups (broad SMARTS) is 1. The van der Waals surface area contributed by atoms with Crippen LogP contribution in [-0.4, -0.2) is 46.0 Å². The van der Waals surface area contributed by atoms with Gasteiger partial charge in [0.05, 0.1) is 17.8 Å². The number of pyridine rings is 1. The predicted octanol–water partition coefficient (Wildman–Crippen LogP) is 3.42. The van der Waals surface area contributed by atoms with Crippen LogP contribution in [0.25, 0.3) is 16.5 Å². The van der Waals surface area contributed by atoms with Gasteiger partial charge in [-0.05, 0) is 23.9 Å². The zero-order valence-electron chi connectivity index (χ0n) is 20.3. The van der Waals surface area contributed by atoms with Gasteiger partial charge in [0.2, 0.25) is 11.6 Å². The summed E-state index contributed by atoms with van der Waals surface area (Å²) in [6, 6.07) is 7.38. The number of nitrogens with one attached hydrogen (secondary N) is 2. The fraction of sp³-hybridized carbons (Fsp3) is 0.231. The number of ether oxygens (including phenoxy) is 1. The SMILES string of the molecule is CCC1(C(=O)N[C@@H](CC(=O)O)C(=O)COc2c(F)c(F)cc(F)c2F)C=C(c2nccc3ccccc23)NO1. The Labute approximate surface area is 218 Å². The van der Waals surface area contributed by atoms with Crippen LogP contribution >= 0.6 is 0 Å². The summed E-state index contributed by atoms with van der Waals surface area (Å²) >= 11 is 0. The van der Waals surface area contributed by atoms with E-state index in [9.17, 15) is 37.1 Å². The van der Waals surface area contributed by atoms with E-state index in [1.54, 1.807) is 19.2 Å². The molecule has 2 aromatic carbocycles. The topological polar surface area (TPSA) is 127 Å². The Morgan fingerprint density at radius 2 is 1.82 bits per heavy atom. The largest absolute Gasteiger partial charge is 0.481 e. The Morgan fingerprint density at radius 1 is 1.13 bits per heavy atom. The van der Waals surface area contributed by atoms with Crippen molar-refractivity contribution < 1.29 is 46.6 Å². The Kier molecular flexibility index (Phi) is 7.81. The Bertz CT molecular complexity index is 1470. The molecule has 204 valence electrons. The van der Waals surface area contributed by atoms with Crippen molar-refractivity contribution in [3.05, 3.63) is 77.6 Å². The van der Waals surface area contributed by atoms with Crippen molar-refractivity contribution in [3.8, 4) is 5.75 Å². The van der Waals surface area contributed by atoms with Crippen LogP contribution in [0.15, 0.2) is 48.7 Å². The number of carbonyl (C=O) groups is 3. The van der Waals surface area contributed by atoms with E-state index in [1.807, 2.05) is 24.3 Å². The number of amides is 1. The van der Waals surface area contributed by atoms with E-state index in [0.717, 1.165) is 10.8 Å². The average Bonchev–Trinajstić information content (AvgIpc) is 3.36. The van der Waals surface area contributed by atoms with Gasteiger partial charge in [-0.2, -0.15) is 8.78 Å². The highest BCUT2D eigenvalue weighted by Gasteiger charge is 2.43. The van der Waals surface area contributed by atoms with Crippen molar-refractivity contribution >= 4 is 34.1 Å². The van der Waals surface area contributed by atoms with Crippen LogP contribution < -0.4 is 15.5 Å². The number of fused-ring (bicyclic) bond motifs is 1. The summed E-state index contributed by atoms with van der Waals surface area (Å²) in [4.78, 5) is 47.3. The molecule has 0 radical (unpaired) electrons. The minimum atomic E-state index is -1.88. The molecule has 1 aliphatic rings. The first-order valence-electron chi connectivity index (χ1n) is 11.6. The van der Waals surface area contributed by atoms with Crippen LogP contribution in [0, 0.1) is 23.3 Å². The van der Waals surface area contributed by atoms with Gasteiger partial charge in [0, 0.05) is 17.6 Å². The number of aliphatic carboxylic acids is 1. The third-order valence-electron chi connectivity index (χ3n) is 6.06. The second-order valence-electron chi connectivity index (χ2n) is 8.56. The zero-order chi connectivity index (χ0) is 28.3.